The van der Waals surface area contributed by atoms with Gasteiger partial charge in [-0.2, -0.15) is 4.98 Å². The molecule has 1 fully saturated rings. The zero-order valence-corrected chi connectivity index (χ0v) is 18.4. The van der Waals surface area contributed by atoms with Crippen molar-refractivity contribution in [2.24, 2.45) is 0 Å². The summed E-state index contributed by atoms with van der Waals surface area (Å²) >= 11 is 0. The van der Waals surface area contributed by atoms with Crippen molar-refractivity contribution in [3.8, 4) is 11.4 Å². The van der Waals surface area contributed by atoms with Crippen molar-refractivity contribution in [2.75, 3.05) is 0 Å². The van der Waals surface area contributed by atoms with Crippen LogP contribution in [0.3, 0.4) is 0 Å². The Kier molecular flexibility index (Phi) is 5.22. The fraction of sp³-hybridized carbons (Fsp3) is 0.400. The van der Waals surface area contributed by atoms with Gasteiger partial charge in [-0.3, -0.25) is 4.79 Å². The summed E-state index contributed by atoms with van der Waals surface area (Å²) in [5, 5.41) is 4.19. The minimum atomic E-state index is -0.173. The van der Waals surface area contributed by atoms with Crippen molar-refractivity contribution in [2.45, 2.75) is 65.5 Å². The van der Waals surface area contributed by atoms with Crippen molar-refractivity contribution in [1.82, 2.24) is 15.0 Å². The normalized spacial score (nSPS) is 17.0. The molecule has 1 saturated heterocycles. The molecule has 0 spiro atoms. The van der Waals surface area contributed by atoms with Crippen molar-refractivity contribution in [3.05, 3.63) is 70.6 Å². The summed E-state index contributed by atoms with van der Waals surface area (Å²) in [6, 6.07) is 14.4. The molecule has 30 heavy (non-hydrogen) atoms. The summed E-state index contributed by atoms with van der Waals surface area (Å²) < 4.78 is 5.61. The largest absolute Gasteiger partial charge is 0.337 e. The maximum absolute atomic E-state index is 12.6. The van der Waals surface area contributed by atoms with E-state index in [-0.39, 0.29) is 17.4 Å². The van der Waals surface area contributed by atoms with Gasteiger partial charge in [-0.05, 0) is 42.4 Å². The number of hydrogen-bond acceptors (Lipinski definition) is 4. The first-order chi connectivity index (χ1) is 14.2. The van der Waals surface area contributed by atoms with Crippen molar-refractivity contribution in [3.63, 3.8) is 0 Å². The minimum absolute atomic E-state index is 0.0970. The second kappa shape index (κ2) is 7.71. The lowest BCUT2D eigenvalue weighted by Crippen LogP contribution is -2.27. The molecule has 5 nitrogen and oxygen atoms in total. The van der Waals surface area contributed by atoms with E-state index < -0.39 is 0 Å². The van der Waals surface area contributed by atoms with Crippen LogP contribution in [0.2, 0.25) is 0 Å². The minimum Gasteiger partial charge on any atom is -0.337 e. The molecule has 4 rings (SSSR count). The predicted octanol–water partition coefficient (Wildman–Crippen LogP) is 5.51. The third-order valence-corrected chi connectivity index (χ3v) is 5.90. The number of nitrogens with zero attached hydrogens (tertiary/aromatic N) is 3. The van der Waals surface area contributed by atoms with Gasteiger partial charge in [0.1, 0.15) is 6.04 Å². The van der Waals surface area contributed by atoms with E-state index in [1.54, 1.807) is 0 Å². The van der Waals surface area contributed by atoms with Gasteiger partial charge in [0.2, 0.25) is 17.6 Å². The average Bonchev–Trinajstić information content (AvgIpc) is 3.31. The molecule has 0 radical (unpaired) electrons. The lowest BCUT2D eigenvalue weighted by atomic mass is 9.87. The van der Waals surface area contributed by atoms with E-state index in [0.29, 0.717) is 31.1 Å². The number of aryl methyl sites for hydroxylation is 2. The topological polar surface area (TPSA) is 59.2 Å². The van der Waals surface area contributed by atoms with Gasteiger partial charge in [-0.1, -0.05) is 74.0 Å². The summed E-state index contributed by atoms with van der Waals surface area (Å²) in [6.07, 6.45) is 1.21. The van der Waals surface area contributed by atoms with Crippen LogP contribution >= 0.6 is 0 Å². The third kappa shape index (κ3) is 4.02. The molecule has 1 aromatic heterocycles. The smallest absolute Gasteiger partial charge is 0.249 e. The second-order valence-corrected chi connectivity index (χ2v) is 9.29. The van der Waals surface area contributed by atoms with Crippen molar-refractivity contribution >= 4 is 5.91 Å². The molecule has 2 heterocycles. The fourth-order valence-corrected chi connectivity index (χ4v) is 4.00. The molecule has 0 saturated carbocycles. The molecule has 1 aliphatic rings. The number of carbonyl (C=O) groups is 1. The highest BCUT2D eigenvalue weighted by Gasteiger charge is 2.36. The molecular formula is C25H29N3O2. The Morgan fingerprint density at radius 2 is 1.83 bits per heavy atom. The van der Waals surface area contributed by atoms with Gasteiger partial charge < -0.3 is 9.42 Å². The zero-order valence-electron chi connectivity index (χ0n) is 18.4. The number of carbonyl (C=O) groups excluding carboxylic acids is 1. The molecule has 3 aromatic rings. The van der Waals surface area contributed by atoms with E-state index in [1.165, 1.54) is 16.7 Å². The standard InChI is InChI=1S/C25H29N3O2/c1-16-6-7-19(17(2)14-16)15-28-21(12-13-22(28)29)24-26-23(27-30-24)18-8-10-20(11-9-18)25(3,4)5/h6-11,14,21H,12-13,15H2,1-5H3. The van der Waals surface area contributed by atoms with Gasteiger partial charge in [0.15, 0.2) is 0 Å². The Hall–Kier alpha value is -2.95. The lowest BCUT2D eigenvalue weighted by Gasteiger charge is -2.23. The number of aromatic nitrogens is 2. The van der Waals surface area contributed by atoms with Crippen LogP contribution in [0.4, 0.5) is 0 Å². The number of amides is 1. The van der Waals surface area contributed by atoms with Crippen LogP contribution in [0.5, 0.6) is 0 Å². The summed E-state index contributed by atoms with van der Waals surface area (Å²) in [6.45, 7) is 11.3. The molecule has 1 aliphatic heterocycles. The quantitative estimate of drug-likeness (QED) is 0.576. The molecule has 156 valence electrons. The van der Waals surface area contributed by atoms with E-state index >= 15 is 0 Å². The highest BCUT2D eigenvalue weighted by Crippen LogP contribution is 2.35. The Labute approximate surface area is 178 Å². The van der Waals surface area contributed by atoms with Gasteiger partial charge in [-0.25, -0.2) is 0 Å². The SMILES string of the molecule is Cc1ccc(CN2C(=O)CCC2c2nc(-c3ccc(C(C)(C)C)cc3)no2)c(C)c1. The number of likely N-dealkylation sites (tertiary alicyclic amines) is 1. The Balaban J connectivity index is 1.56. The molecule has 1 atom stereocenters. The summed E-state index contributed by atoms with van der Waals surface area (Å²) in [4.78, 5) is 19.1. The first kappa shape index (κ1) is 20.3. The first-order valence-corrected chi connectivity index (χ1v) is 10.5. The molecular weight excluding hydrogens is 374 g/mol. The maximum Gasteiger partial charge on any atom is 0.249 e. The summed E-state index contributed by atoms with van der Waals surface area (Å²) in [5.41, 5.74) is 5.84. The molecule has 0 aliphatic carbocycles. The van der Waals surface area contributed by atoms with Crippen LogP contribution < -0.4 is 0 Å². The molecule has 1 unspecified atom stereocenters. The summed E-state index contributed by atoms with van der Waals surface area (Å²) in [5.74, 6) is 1.21. The lowest BCUT2D eigenvalue weighted by molar-refractivity contribution is -0.130. The van der Waals surface area contributed by atoms with E-state index in [1.807, 2.05) is 17.0 Å². The number of hydrogen-bond donors (Lipinski definition) is 0. The monoisotopic (exact) mass is 403 g/mol. The Bertz CT molecular complexity index is 1060. The van der Waals surface area contributed by atoms with Gasteiger partial charge in [-0.15, -0.1) is 0 Å². The average molecular weight is 404 g/mol. The summed E-state index contributed by atoms with van der Waals surface area (Å²) in [7, 11) is 0. The predicted molar refractivity (Wildman–Crippen MR) is 117 cm³/mol. The van der Waals surface area contributed by atoms with Crippen LogP contribution in [0, 0.1) is 13.8 Å². The molecule has 0 N–H and O–H groups in total. The first-order valence-electron chi connectivity index (χ1n) is 10.5. The van der Waals surface area contributed by atoms with Crippen molar-refractivity contribution in [1.29, 1.82) is 0 Å². The van der Waals surface area contributed by atoms with E-state index in [2.05, 4.69) is 75.1 Å². The molecule has 2 aromatic carbocycles. The van der Waals surface area contributed by atoms with Gasteiger partial charge in [0.25, 0.3) is 0 Å². The van der Waals surface area contributed by atoms with Crippen LogP contribution in [-0.2, 0) is 16.8 Å². The Morgan fingerprint density at radius 3 is 2.50 bits per heavy atom. The van der Waals surface area contributed by atoms with Crippen LogP contribution in [0.1, 0.15) is 67.8 Å². The number of rotatable bonds is 4. The molecule has 0 bridgehead atoms. The number of benzene rings is 2. The second-order valence-electron chi connectivity index (χ2n) is 9.29. The maximum atomic E-state index is 12.6. The van der Waals surface area contributed by atoms with Gasteiger partial charge >= 0.3 is 0 Å². The third-order valence-electron chi connectivity index (χ3n) is 5.90. The van der Waals surface area contributed by atoms with Crippen LogP contribution in [-0.4, -0.2) is 20.9 Å². The van der Waals surface area contributed by atoms with E-state index in [9.17, 15) is 4.79 Å². The van der Waals surface area contributed by atoms with Gasteiger partial charge in [0.05, 0.1) is 0 Å². The van der Waals surface area contributed by atoms with Crippen molar-refractivity contribution < 1.29 is 9.32 Å². The van der Waals surface area contributed by atoms with Crippen LogP contribution in [0.25, 0.3) is 11.4 Å². The highest BCUT2D eigenvalue weighted by molar-refractivity contribution is 5.79. The van der Waals surface area contributed by atoms with Gasteiger partial charge in [0, 0.05) is 18.5 Å². The highest BCUT2D eigenvalue weighted by atomic mass is 16.5. The van der Waals surface area contributed by atoms with E-state index in [0.717, 1.165) is 11.1 Å². The zero-order chi connectivity index (χ0) is 21.5. The van der Waals surface area contributed by atoms with E-state index in [4.69, 9.17) is 4.52 Å². The molecule has 1 amide bonds. The van der Waals surface area contributed by atoms with Crippen LogP contribution in [0.15, 0.2) is 47.0 Å². The fourth-order valence-electron chi connectivity index (χ4n) is 4.00. The Morgan fingerprint density at radius 1 is 1.10 bits per heavy atom. The molecule has 5 heteroatoms.